The number of hydrogen-bond donors (Lipinski definition) is 1. The number of aromatic nitrogens is 2. The number of halogens is 2. The molecule has 0 aliphatic heterocycles. The molecule has 3 nitrogen and oxygen atoms in total. The van der Waals surface area contributed by atoms with Gasteiger partial charge < -0.3 is 9.88 Å². The van der Waals surface area contributed by atoms with E-state index in [1.165, 1.54) is 34.3 Å². The molecule has 4 rings (SSSR count). The maximum atomic E-state index is 13.3. The zero-order chi connectivity index (χ0) is 18.8. The van der Waals surface area contributed by atoms with Crippen LogP contribution in [-0.2, 0) is 13.1 Å². The Morgan fingerprint density at radius 2 is 1.64 bits per heavy atom. The third-order valence-corrected chi connectivity index (χ3v) is 5.10. The largest absolute Gasteiger partial charge is 0.364 e. The Kier molecular flexibility index (Phi) is 6.00. The molecule has 0 fully saturated rings. The highest BCUT2D eigenvalue weighted by atomic mass is 35.5. The molecule has 2 heterocycles. The van der Waals surface area contributed by atoms with Gasteiger partial charge in [0.2, 0.25) is 0 Å². The van der Waals surface area contributed by atoms with Gasteiger partial charge in [0.1, 0.15) is 5.82 Å². The first-order valence-electron chi connectivity index (χ1n) is 9.10. The van der Waals surface area contributed by atoms with Gasteiger partial charge in [-0.15, -0.1) is 12.4 Å². The van der Waals surface area contributed by atoms with Crippen molar-refractivity contribution in [3.8, 4) is 0 Å². The highest BCUT2D eigenvalue weighted by Gasteiger charge is 2.15. The third kappa shape index (κ3) is 3.87. The molecule has 0 saturated carbocycles. The first-order chi connectivity index (χ1) is 13.1. The zero-order valence-corrected chi connectivity index (χ0v) is 16.8. The normalized spacial score (nSPS) is 10.7. The highest BCUT2D eigenvalue weighted by Crippen LogP contribution is 2.30. The van der Waals surface area contributed by atoms with Gasteiger partial charge in [-0.05, 0) is 48.7 Å². The molecule has 1 N–H and O–H groups in total. The van der Waals surface area contributed by atoms with Crippen LogP contribution in [0.25, 0.3) is 10.9 Å². The van der Waals surface area contributed by atoms with Crippen molar-refractivity contribution in [1.82, 2.24) is 9.55 Å². The molecule has 0 saturated heterocycles. The lowest BCUT2D eigenvalue weighted by molar-refractivity contribution is 0.626. The Bertz CT molecular complexity index is 1070. The van der Waals surface area contributed by atoms with E-state index in [1.54, 1.807) is 0 Å². The maximum Gasteiger partial charge on any atom is 0.150 e. The van der Waals surface area contributed by atoms with Gasteiger partial charge in [0.25, 0.3) is 0 Å². The fourth-order valence-electron chi connectivity index (χ4n) is 3.48. The van der Waals surface area contributed by atoms with E-state index < -0.39 is 0 Å². The molecule has 28 heavy (non-hydrogen) atoms. The van der Waals surface area contributed by atoms with Crippen LogP contribution in [0.2, 0.25) is 0 Å². The van der Waals surface area contributed by atoms with Gasteiger partial charge in [-0.25, -0.2) is 9.37 Å². The Morgan fingerprint density at radius 3 is 2.36 bits per heavy atom. The number of aryl methyl sites for hydroxylation is 1. The molecule has 5 heteroatoms. The van der Waals surface area contributed by atoms with Crippen molar-refractivity contribution in [2.24, 2.45) is 0 Å². The number of nitrogens with one attached hydrogen (secondary N) is 1. The molecule has 2 aromatic carbocycles. The van der Waals surface area contributed by atoms with Crippen LogP contribution in [0.4, 0.5) is 10.2 Å². The molecule has 0 unspecified atom stereocenters. The number of fused-ring (bicyclic) bond motifs is 1. The predicted molar refractivity (Wildman–Crippen MR) is 116 cm³/mol. The number of hydrogen-bond acceptors (Lipinski definition) is 2. The minimum absolute atomic E-state index is 0. The van der Waals surface area contributed by atoms with Crippen LogP contribution in [0.5, 0.6) is 0 Å². The van der Waals surface area contributed by atoms with Gasteiger partial charge in [0.15, 0.2) is 5.82 Å². The van der Waals surface area contributed by atoms with Crippen LogP contribution in [0.3, 0.4) is 0 Å². The van der Waals surface area contributed by atoms with Crippen molar-refractivity contribution in [3.63, 3.8) is 0 Å². The maximum absolute atomic E-state index is 13.3. The summed E-state index contributed by atoms with van der Waals surface area (Å²) in [4.78, 5) is 4.60. The number of pyridine rings is 1. The molecule has 0 aliphatic rings. The smallest absolute Gasteiger partial charge is 0.150 e. The molecule has 0 amide bonds. The van der Waals surface area contributed by atoms with E-state index in [-0.39, 0.29) is 18.2 Å². The molecule has 0 atom stereocenters. The van der Waals surface area contributed by atoms with Crippen LogP contribution < -0.4 is 5.32 Å². The van der Waals surface area contributed by atoms with Crippen LogP contribution in [0.1, 0.15) is 22.4 Å². The molecular weight excluding hydrogens is 373 g/mol. The lowest BCUT2D eigenvalue weighted by Crippen LogP contribution is -2.07. The quantitative estimate of drug-likeness (QED) is 0.457. The van der Waals surface area contributed by atoms with Crippen LogP contribution in [0, 0.1) is 19.7 Å². The summed E-state index contributed by atoms with van der Waals surface area (Å²) in [5.41, 5.74) is 5.81. The SMILES string of the molecule is Cc1c(C)n(Cc2ccc(F)cc2)c2c(NCc3ccccc3)nccc12.Cl. The summed E-state index contributed by atoms with van der Waals surface area (Å²) < 4.78 is 15.5. The van der Waals surface area contributed by atoms with Crippen LogP contribution in [0.15, 0.2) is 66.9 Å². The summed E-state index contributed by atoms with van der Waals surface area (Å²) in [6.45, 7) is 5.66. The Labute approximate surface area is 170 Å². The predicted octanol–water partition coefficient (Wildman–Crippen LogP) is 5.87. The number of anilines is 1. The number of rotatable bonds is 5. The third-order valence-electron chi connectivity index (χ3n) is 5.10. The monoisotopic (exact) mass is 395 g/mol. The minimum atomic E-state index is -0.212. The zero-order valence-electron chi connectivity index (χ0n) is 15.9. The Morgan fingerprint density at radius 1 is 0.929 bits per heavy atom. The van der Waals surface area contributed by atoms with E-state index in [4.69, 9.17) is 0 Å². The Balaban J connectivity index is 0.00000225. The summed E-state index contributed by atoms with van der Waals surface area (Å²) in [7, 11) is 0. The van der Waals surface area contributed by atoms with E-state index in [0.717, 1.165) is 16.9 Å². The van der Waals surface area contributed by atoms with E-state index >= 15 is 0 Å². The highest BCUT2D eigenvalue weighted by molar-refractivity contribution is 5.93. The van der Waals surface area contributed by atoms with Gasteiger partial charge in [0, 0.05) is 30.4 Å². The number of benzene rings is 2. The van der Waals surface area contributed by atoms with E-state index in [2.05, 4.69) is 46.9 Å². The van der Waals surface area contributed by atoms with Gasteiger partial charge >= 0.3 is 0 Å². The molecule has 0 bridgehead atoms. The second-order valence-electron chi connectivity index (χ2n) is 6.82. The minimum Gasteiger partial charge on any atom is -0.364 e. The molecule has 0 radical (unpaired) electrons. The average Bonchev–Trinajstić information content (AvgIpc) is 2.94. The summed E-state index contributed by atoms with van der Waals surface area (Å²) in [6, 6.07) is 19.0. The van der Waals surface area contributed by atoms with Crippen molar-refractivity contribution in [2.75, 3.05) is 5.32 Å². The first kappa shape index (κ1) is 19.9. The van der Waals surface area contributed by atoms with Gasteiger partial charge in [0.05, 0.1) is 5.52 Å². The molecule has 4 aromatic rings. The summed E-state index contributed by atoms with van der Waals surface area (Å²) in [5, 5.41) is 4.68. The number of nitrogens with zero attached hydrogens (tertiary/aromatic N) is 2. The molecule has 2 aromatic heterocycles. The second kappa shape index (κ2) is 8.44. The Hall–Kier alpha value is -2.85. The van der Waals surface area contributed by atoms with Gasteiger partial charge in [-0.2, -0.15) is 0 Å². The van der Waals surface area contributed by atoms with Gasteiger partial charge in [-0.3, -0.25) is 0 Å². The average molecular weight is 396 g/mol. The molecule has 0 spiro atoms. The summed E-state index contributed by atoms with van der Waals surface area (Å²) >= 11 is 0. The molecule has 0 aliphatic carbocycles. The summed E-state index contributed by atoms with van der Waals surface area (Å²) in [5.74, 6) is 0.658. The fraction of sp³-hybridized carbons (Fsp3) is 0.174. The molecule has 144 valence electrons. The van der Waals surface area contributed by atoms with E-state index in [9.17, 15) is 4.39 Å². The van der Waals surface area contributed by atoms with Crippen LogP contribution in [-0.4, -0.2) is 9.55 Å². The van der Waals surface area contributed by atoms with E-state index in [1.807, 2.05) is 36.5 Å². The standard InChI is InChI=1S/C23H22FN3.ClH/c1-16-17(2)27(15-19-8-10-20(24)11-9-19)22-21(16)12-13-25-23(22)26-14-18-6-4-3-5-7-18;/h3-13H,14-15H2,1-2H3,(H,25,26);1H. The second-order valence-corrected chi connectivity index (χ2v) is 6.82. The van der Waals surface area contributed by atoms with Crippen molar-refractivity contribution in [2.45, 2.75) is 26.9 Å². The fourth-order valence-corrected chi connectivity index (χ4v) is 3.48. The molecular formula is C23H23ClFN3. The summed E-state index contributed by atoms with van der Waals surface area (Å²) in [6.07, 6.45) is 1.85. The lowest BCUT2D eigenvalue weighted by atomic mass is 10.2. The lowest BCUT2D eigenvalue weighted by Gasteiger charge is -2.13. The van der Waals surface area contributed by atoms with E-state index in [0.29, 0.717) is 13.1 Å². The van der Waals surface area contributed by atoms with Gasteiger partial charge in [-0.1, -0.05) is 42.5 Å². The van der Waals surface area contributed by atoms with Crippen molar-refractivity contribution in [1.29, 1.82) is 0 Å². The van der Waals surface area contributed by atoms with Crippen molar-refractivity contribution >= 4 is 29.1 Å². The first-order valence-corrected chi connectivity index (χ1v) is 9.10. The van der Waals surface area contributed by atoms with Crippen LogP contribution >= 0.6 is 12.4 Å². The van der Waals surface area contributed by atoms with Crippen molar-refractivity contribution in [3.05, 3.63) is 95.1 Å². The topological polar surface area (TPSA) is 29.9 Å². The van der Waals surface area contributed by atoms with Crippen molar-refractivity contribution < 1.29 is 4.39 Å².